The number of hydrogen-bond acceptors (Lipinski definition) is 4. The Kier molecular flexibility index (Phi) is 6.97. The summed E-state index contributed by atoms with van der Waals surface area (Å²) in [5.74, 6) is -0.799. The Bertz CT molecular complexity index is 1180. The van der Waals surface area contributed by atoms with Crippen molar-refractivity contribution in [2.75, 3.05) is 11.4 Å². The van der Waals surface area contributed by atoms with Crippen molar-refractivity contribution in [2.45, 2.75) is 26.3 Å². The van der Waals surface area contributed by atoms with E-state index in [4.69, 9.17) is 4.98 Å². The highest BCUT2D eigenvalue weighted by Gasteiger charge is 2.12. The highest BCUT2D eigenvalue weighted by atomic mass is 32.1. The first-order valence-electron chi connectivity index (χ1n) is 10.8. The van der Waals surface area contributed by atoms with Crippen molar-refractivity contribution in [1.82, 2.24) is 4.98 Å². The fourth-order valence-corrected chi connectivity index (χ4v) is 4.67. The van der Waals surface area contributed by atoms with Gasteiger partial charge in [-0.05, 0) is 60.4 Å². The number of carboxylic acid groups (broad SMARTS) is 1. The molecule has 0 aliphatic carbocycles. The van der Waals surface area contributed by atoms with Gasteiger partial charge < -0.3 is 10.0 Å². The van der Waals surface area contributed by atoms with E-state index in [9.17, 15) is 9.90 Å². The van der Waals surface area contributed by atoms with Crippen molar-refractivity contribution in [2.24, 2.45) is 0 Å². The van der Waals surface area contributed by atoms with Crippen LogP contribution in [-0.2, 0) is 11.3 Å². The van der Waals surface area contributed by atoms with Crippen molar-refractivity contribution in [3.63, 3.8) is 0 Å². The molecule has 0 amide bonds. The highest BCUT2D eigenvalue weighted by Crippen LogP contribution is 2.31. The van der Waals surface area contributed by atoms with E-state index in [1.807, 2.05) is 30.3 Å². The van der Waals surface area contributed by atoms with Crippen LogP contribution in [0, 0.1) is 0 Å². The zero-order chi connectivity index (χ0) is 22.3. The molecule has 0 saturated heterocycles. The summed E-state index contributed by atoms with van der Waals surface area (Å²) in [6.45, 7) is 3.94. The molecule has 32 heavy (non-hydrogen) atoms. The van der Waals surface area contributed by atoms with Crippen LogP contribution in [0.5, 0.6) is 0 Å². The van der Waals surface area contributed by atoms with Gasteiger partial charge in [-0.1, -0.05) is 54.6 Å². The van der Waals surface area contributed by atoms with Gasteiger partial charge in [0.2, 0.25) is 0 Å². The van der Waals surface area contributed by atoms with E-state index in [2.05, 4.69) is 66.4 Å². The summed E-state index contributed by atoms with van der Waals surface area (Å²) in [4.78, 5) is 18.3. The molecule has 0 atom stereocenters. The molecule has 0 radical (unpaired) electrons. The number of thiazole rings is 1. The average Bonchev–Trinajstić information content (AvgIpc) is 3.25. The monoisotopic (exact) mass is 442 g/mol. The number of hydrogen-bond donors (Lipinski definition) is 1. The first kappa shape index (κ1) is 21.8. The van der Waals surface area contributed by atoms with E-state index in [0.717, 1.165) is 39.5 Å². The van der Waals surface area contributed by atoms with Crippen LogP contribution in [0.25, 0.3) is 21.9 Å². The smallest absolute Gasteiger partial charge is 0.303 e. The van der Waals surface area contributed by atoms with E-state index in [0.29, 0.717) is 6.42 Å². The predicted octanol–water partition coefficient (Wildman–Crippen LogP) is 6.73. The standard InChI is InChI=1S/C27H26N2O2S/c1-2-29(19-21-8-4-3-5-9-21)23-15-12-20(13-16-23)18-22(14-17-26(30)31)27-28-24-10-6-7-11-25(24)32-27/h3-13,15-16,18H,2,14,17,19H2,1H3,(H,30,31)/b22-18-. The first-order chi connectivity index (χ1) is 15.6. The fourth-order valence-electron chi connectivity index (χ4n) is 3.66. The maximum absolute atomic E-state index is 11.2. The van der Waals surface area contributed by atoms with Gasteiger partial charge in [-0.2, -0.15) is 0 Å². The number of rotatable bonds is 9. The average molecular weight is 443 g/mol. The van der Waals surface area contributed by atoms with Crippen LogP contribution in [0.15, 0.2) is 78.9 Å². The fraction of sp³-hybridized carbons (Fsp3) is 0.185. The molecule has 1 heterocycles. The Hall–Kier alpha value is -3.44. The lowest BCUT2D eigenvalue weighted by Gasteiger charge is -2.23. The minimum absolute atomic E-state index is 0.0839. The molecule has 0 aliphatic rings. The number of anilines is 1. The number of allylic oxidation sites excluding steroid dienone is 1. The van der Waals surface area contributed by atoms with Crippen molar-refractivity contribution in [1.29, 1.82) is 0 Å². The quantitative estimate of drug-likeness (QED) is 0.312. The van der Waals surface area contributed by atoms with Crippen molar-refractivity contribution in [3.8, 4) is 0 Å². The third kappa shape index (κ3) is 5.42. The third-order valence-electron chi connectivity index (χ3n) is 5.37. The highest BCUT2D eigenvalue weighted by molar-refractivity contribution is 7.19. The van der Waals surface area contributed by atoms with Gasteiger partial charge in [-0.15, -0.1) is 11.3 Å². The van der Waals surface area contributed by atoms with Crippen LogP contribution in [0.4, 0.5) is 5.69 Å². The topological polar surface area (TPSA) is 53.4 Å². The Balaban J connectivity index is 1.59. The number of para-hydroxylation sites is 1. The Morgan fingerprint density at radius 3 is 2.38 bits per heavy atom. The van der Waals surface area contributed by atoms with E-state index < -0.39 is 5.97 Å². The summed E-state index contributed by atoms with van der Waals surface area (Å²) in [5, 5.41) is 10.1. The molecular formula is C27H26N2O2S. The Morgan fingerprint density at radius 1 is 0.969 bits per heavy atom. The molecular weight excluding hydrogens is 416 g/mol. The zero-order valence-electron chi connectivity index (χ0n) is 18.1. The summed E-state index contributed by atoms with van der Waals surface area (Å²) in [7, 11) is 0. The molecule has 4 rings (SSSR count). The van der Waals surface area contributed by atoms with Crippen LogP contribution in [0.3, 0.4) is 0 Å². The van der Waals surface area contributed by atoms with E-state index >= 15 is 0 Å². The molecule has 0 saturated carbocycles. The molecule has 4 aromatic rings. The Morgan fingerprint density at radius 2 is 1.69 bits per heavy atom. The molecule has 0 unspecified atom stereocenters. The summed E-state index contributed by atoms with van der Waals surface area (Å²) in [6, 6.07) is 26.9. The molecule has 0 bridgehead atoms. The van der Waals surface area contributed by atoms with Gasteiger partial charge in [0.1, 0.15) is 5.01 Å². The number of nitrogens with zero attached hydrogens (tertiary/aromatic N) is 2. The summed E-state index contributed by atoms with van der Waals surface area (Å²) in [6.07, 6.45) is 2.60. The second-order valence-electron chi connectivity index (χ2n) is 7.64. The van der Waals surface area contributed by atoms with Gasteiger partial charge in [-0.25, -0.2) is 4.98 Å². The predicted molar refractivity (Wildman–Crippen MR) is 134 cm³/mol. The second kappa shape index (κ2) is 10.2. The van der Waals surface area contributed by atoms with Crippen LogP contribution in [-0.4, -0.2) is 22.6 Å². The van der Waals surface area contributed by atoms with E-state index in [1.54, 1.807) is 11.3 Å². The molecule has 1 aromatic heterocycles. The van der Waals surface area contributed by atoms with Crippen LogP contribution in [0.2, 0.25) is 0 Å². The van der Waals surface area contributed by atoms with Crippen LogP contribution in [0.1, 0.15) is 35.9 Å². The molecule has 0 fully saturated rings. The van der Waals surface area contributed by atoms with Gasteiger partial charge in [0.15, 0.2) is 0 Å². The molecule has 162 valence electrons. The zero-order valence-corrected chi connectivity index (χ0v) is 18.9. The second-order valence-corrected chi connectivity index (χ2v) is 8.67. The number of benzene rings is 3. The Labute approximate surface area is 192 Å². The molecule has 0 aliphatic heterocycles. The SMILES string of the molecule is CCN(Cc1ccccc1)c1ccc(/C=C(/CCC(=O)O)c2nc3ccccc3s2)cc1. The van der Waals surface area contributed by atoms with Crippen LogP contribution < -0.4 is 4.90 Å². The maximum Gasteiger partial charge on any atom is 0.303 e. The lowest BCUT2D eigenvalue weighted by Crippen LogP contribution is -2.21. The minimum Gasteiger partial charge on any atom is -0.481 e. The van der Waals surface area contributed by atoms with Gasteiger partial charge >= 0.3 is 5.97 Å². The number of carboxylic acids is 1. The van der Waals surface area contributed by atoms with Crippen LogP contribution >= 0.6 is 11.3 Å². The first-order valence-corrected chi connectivity index (χ1v) is 11.6. The van der Waals surface area contributed by atoms with Gasteiger partial charge in [0.05, 0.1) is 10.2 Å². The summed E-state index contributed by atoms with van der Waals surface area (Å²) < 4.78 is 1.11. The lowest BCUT2D eigenvalue weighted by molar-refractivity contribution is -0.136. The van der Waals surface area contributed by atoms with Gasteiger partial charge in [0, 0.05) is 25.2 Å². The molecule has 1 N–H and O–H groups in total. The molecule has 0 spiro atoms. The van der Waals surface area contributed by atoms with Crippen molar-refractivity contribution < 1.29 is 9.90 Å². The maximum atomic E-state index is 11.2. The van der Waals surface area contributed by atoms with Crippen molar-refractivity contribution >= 4 is 44.9 Å². The summed E-state index contributed by atoms with van der Waals surface area (Å²) >= 11 is 1.61. The van der Waals surface area contributed by atoms with Crippen molar-refractivity contribution in [3.05, 3.63) is 95.0 Å². The number of fused-ring (bicyclic) bond motifs is 1. The number of carbonyl (C=O) groups is 1. The lowest BCUT2D eigenvalue weighted by atomic mass is 10.1. The number of aliphatic carboxylic acids is 1. The van der Waals surface area contributed by atoms with Gasteiger partial charge in [0.25, 0.3) is 0 Å². The van der Waals surface area contributed by atoms with E-state index in [-0.39, 0.29) is 6.42 Å². The molecule has 4 nitrogen and oxygen atoms in total. The number of aromatic nitrogens is 1. The molecule has 5 heteroatoms. The van der Waals surface area contributed by atoms with Gasteiger partial charge in [-0.3, -0.25) is 4.79 Å². The molecule has 3 aromatic carbocycles. The summed E-state index contributed by atoms with van der Waals surface area (Å²) in [5.41, 5.74) is 5.40. The largest absolute Gasteiger partial charge is 0.481 e. The third-order valence-corrected chi connectivity index (χ3v) is 6.49. The van der Waals surface area contributed by atoms with E-state index in [1.165, 1.54) is 11.3 Å². The minimum atomic E-state index is -0.799. The normalized spacial score (nSPS) is 11.6.